The molecule has 1 heterocycles. The van der Waals surface area contributed by atoms with Crippen molar-refractivity contribution in [1.29, 1.82) is 0 Å². The number of benzene rings is 2. The van der Waals surface area contributed by atoms with Crippen molar-refractivity contribution in [2.24, 2.45) is 5.92 Å². The highest BCUT2D eigenvalue weighted by Gasteiger charge is 2.40. The van der Waals surface area contributed by atoms with Gasteiger partial charge in [-0.15, -0.1) is 0 Å². The van der Waals surface area contributed by atoms with Crippen LogP contribution in [-0.4, -0.2) is 26.7 Å². The minimum Gasteiger partial charge on any atom is -0.478 e. The lowest BCUT2D eigenvalue weighted by molar-refractivity contribution is -0.141. The molecular weight excluding hydrogens is 491 g/mol. The Morgan fingerprint density at radius 3 is 2.37 bits per heavy atom. The second kappa shape index (κ2) is 12.6. The lowest BCUT2D eigenvalue weighted by atomic mass is 9.82. The van der Waals surface area contributed by atoms with Crippen molar-refractivity contribution < 1.29 is 23.1 Å². The average Bonchev–Trinajstić information content (AvgIpc) is 3.29. The van der Waals surface area contributed by atoms with E-state index in [-0.39, 0.29) is 29.6 Å². The Bertz CT molecular complexity index is 1180. The van der Waals surface area contributed by atoms with Gasteiger partial charge in [0.1, 0.15) is 5.82 Å². The Kier molecular flexibility index (Phi) is 9.26. The first-order chi connectivity index (χ1) is 18.3. The number of alkyl halides is 3. The third-order valence-corrected chi connectivity index (χ3v) is 7.51. The van der Waals surface area contributed by atoms with E-state index in [1.807, 2.05) is 37.3 Å². The SMILES string of the molecule is CCCCn1c(-c2ccccc2)nc(C(F)(F)F)c1CC(NCc1ccc(C(=O)O)cc1)C1CCCCC1. The molecule has 2 aromatic carbocycles. The smallest absolute Gasteiger partial charge is 0.435 e. The van der Waals surface area contributed by atoms with Crippen molar-refractivity contribution in [3.8, 4) is 11.4 Å². The van der Waals surface area contributed by atoms with Crippen LogP contribution < -0.4 is 5.32 Å². The van der Waals surface area contributed by atoms with Crippen LogP contribution >= 0.6 is 0 Å². The van der Waals surface area contributed by atoms with E-state index in [1.54, 1.807) is 28.8 Å². The number of rotatable bonds is 11. The summed E-state index contributed by atoms with van der Waals surface area (Å²) < 4.78 is 44.9. The van der Waals surface area contributed by atoms with Crippen molar-refractivity contribution >= 4 is 5.97 Å². The fourth-order valence-corrected chi connectivity index (χ4v) is 5.45. The van der Waals surface area contributed by atoms with E-state index in [0.29, 0.717) is 24.5 Å². The highest BCUT2D eigenvalue weighted by Crippen LogP contribution is 2.37. The molecule has 0 radical (unpaired) electrons. The van der Waals surface area contributed by atoms with Gasteiger partial charge in [0, 0.05) is 31.1 Å². The van der Waals surface area contributed by atoms with Crippen LogP contribution in [0.5, 0.6) is 0 Å². The largest absolute Gasteiger partial charge is 0.478 e. The van der Waals surface area contributed by atoms with Gasteiger partial charge < -0.3 is 15.0 Å². The normalized spacial score (nSPS) is 15.5. The quantitative estimate of drug-likeness (QED) is 0.274. The fourth-order valence-electron chi connectivity index (χ4n) is 5.45. The third-order valence-electron chi connectivity index (χ3n) is 7.51. The predicted octanol–water partition coefficient (Wildman–Crippen LogP) is 7.35. The number of carbonyl (C=O) groups is 1. The summed E-state index contributed by atoms with van der Waals surface area (Å²) >= 11 is 0. The summed E-state index contributed by atoms with van der Waals surface area (Å²) in [5, 5.41) is 12.7. The van der Waals surface area contributed by atoms with Crippen molar-refractivity contribution in [2.75, 3.05) is 0 Å². The molecule has 0 spiro atoms. The Morgan fingerprint density at radius 2 is 1.76 bits per heavy atom. The summed E-state index contributed by atoms with van der Waals surface area (Å²) in [6.45, 7) is 2.97. The van der Waals surface area contributed by atoms with Gasteiger partial charge in [0.2, 0.25) is 0 Å². The van der Waals surface area contributed by atoms with Crippen LogP contribution in [0.1, 0.15) is 79.2 Å². The molecule has 2 N–H and O–H groups in total. The van der Waals surface area contributed by atoms with Crippen LogP contribution in [0.3, 0.4) is 0 Å². The lowest BCUT2D eigenvalue weighted by Crippen LogP contribution is -2.39. The molecule has 1 atom stereocenters. The Labute approximate surface area is 222 Å². The number of unbranched alkanes of at least 4 members (excludes halogenated alkanes) is 1. The molecule has 5 nitrogen and oxygen atoms in total. The molecule has 204 valence electrons. The van der Waals surface area contributed by atoms with Gasteiger partial charge in [-0.05, 0) is 42.9 Å². The minimum absolute atomic E-state index is 0.156. The maximum absolute atomic E-state index is 14.4. The number of nitrogens with zero attached hydrogens (tertiary/aromatic N) is 2. The van der Waals surface area contributed by atoms with Gasteiger partial charge in [-0.25, -0.2) is 9.78 Å². The molecule has 1 aliphatic rings. The van der Waals surface area contributed by atoms with Crippen molar-refractivity contribution in [3.05, 3.63) is 77.1 Å². The van der Waals surface area contributed by atoms with Crippen molar-refractivity contribution in [3.63, 3.8) is 0 Å². The molecule has 8 heteroatoms. The van der Waals surface area contributed by atoms with E-state index in [2.05, 4.69) is 10.3 Å². The van der Waals surface area contributed by atoms with Gasteiger partial charge in [0.15, 0.2) is 5.69 Å². The number of hydrogen-bond acceptors (Lipinski definition) is 3. The highest BCUT2D eigenvalue weighted by atomic mass is 19.4. The number of aromatic carboxylic acids is 1. The summed E-state index contributed by atoms with van der Waals surface area (Å²) in [7, 11) is 0. The van der Waals surface area contributed by atoms with Crippen molar-refractivity contribution in [2.45, 2.75) is 83.6 Å². The van der Waals surface area contributed by atoms with Gasteiger partial charge in [0.05, 0.1) is 11.3 Å². The monoisotopic (exact) mass is 527 g/mol. The minimum atomic E-state index is -4.56. The fraction of sp³-hybridized carbons (Fsp3) is 0.467. The third kappa shape index (κ3) is 6.84. The average molecular weight is 528 g/mol. The number of hydrogen-bond donors (Lipinski definition) is 2. The van der Waals surface area contributed by atoms with E-state index in [4.69, 9.17) is 0 Å². The summed E-state index contributed by atoms with van der Waals surface area (Å²) in [5.41, 5.74) is 1.24. The molecule has 0 saturated heterocycles. The van der Waals surface area contributed by atoms with E-state index >= 15 is 0 Å². The van der Waals surface area contributed by atoms with Crippen LogP contribution in [0.15, 0.2) is 54.6 Å². The zero-order valence-corrected chi connectivity index (χ0v) is 21.8. The van der Waals surface area contributed by atoms with E-state index in [1.165, 1.54) is 0 Å². The molecule has 1 fully saturated rings. The molecule has 38 heavy (non-hydrogen) atoms. The first-order valence-electron chi connectivity index (χ1n) is 13.6. The molecule has 1 aromatic heterocycles. The molecule has 1 saturated carbocycles. The van der Waals surface area contributed by atoms with Gasteiger partial charge in [-0.2, -0.15) is 13.2 Å². The van der Waals surface area contributed by atoms with Crippen LogP contribution in [0.25, 0.3) is 11.4 Å². The van der Waals surface area contributed by atoms with Gasteiger partial charge in [-0.1, -0.05) is 75.1 Å². The molecule has 4 rings (SSSR count). The number of imidazole rings is 1. The number of nitrogens with one attached hydrogen (secondary N) is 1. The van der Waals surface area contributed by atoms with Crippen LogP contribution in [0.4, 0.5) is 13.2 Å². The highest BCUT2D eigenvalue weighted by molar-refractivity contribution is 5.87. The maximum atomic E-state index is 14.4. The molecule has 1 aliphatic carbocycles. The van der Waals surface area contributed by atoms with Crippen molar-refractivity contribution in [1.82, 2.24) is 14.9 Å². The van der Waals surface area contributed by atoms with Gasteiger partial charge in [-0.3, -0.25) is 0 Å². The Balaban J connectivity index is 1.69. The summed E-state index contributed by atoms with van der Waals surface area (Å²) in [6, 6.07) is 15.6. The Hall–Kier alpha value is -3.13. The first-order valence-corrected chi connectivity index (χ1v) is 13.6. The standard InChI is InChI=1S/C30H36F3N3O2/c1-2-3-18-36-26(27(30(31,32)33)35-28(36)23-12-8-5-9-13-23)19-25(22-10-6-4-7-11-22)34-20-21-14-16-24(17-15-21)29(37)38/h5,8-9,12-17,22,25,34H,2-4,6-7,10-11,18-20H2,1H3,(H,37,38). The number of carboxylic acids is 1. The summed E-state index contributed by atoms with van der Waals surface area (Å²) in [4.78, 5) is 15.4. The van der Waals surface area contributed by atoms with E-state index in [0.717, 1.165) is 50.5 Å². The van der Waals surface area contributed by atoms with Gasteiger partial charge in [0.25, 0.3) is 0 Å². The first kappa shape index (κ1) is 27.9. The second-order valence-corrected chi connectivity index (χ2v) is 10.2. The zero-order chi connectivity index (χ0) is 27.1. The maximum Gasteiger partial charge on any atom is 0.435 e. The zero-order valence-electron chi connectivity index (χ0n) is 21.8. The molecule has 3 aromatic rings. The topological polar surface area (TPSA) is 67.2 Å². The Morgan fingerprint density at radius 1 is 1.08 bits per heavy atom. The molecular formula is C30H36F3N3O2. The van der Waals surface area contributed by atoms with Crippen LogP contribution in [-0.2, 0) is 25.7 Å². The summed E-state index contributed by atoms with van der Waals surface area (Å²) in [5.74, 6) is -0.357. The predicted molar refractivity (Wildman–Crippen MR) is 142 cm³/mol. The molecule has 1 unspecified atom stereocenters. The second-order valence-electron chi connectivity index (χ2n) is 10.2. The van der Waals surface area contributed by atoms with E-state index in [9.17, 15) is 23.1 Å². The number of halogens is 3. The number of aromatic nitrogens is 2. The van der Waals surface area contributed by atoms with Crippen LogP contribution in [0, 0.1) is 5.92 Å². The summed E-state index contributed by atoms with van der Waals surface area (Å²) in [6.07, 6.45) is 2.56. The molecule has 0 bridgehead atoms. The lowest BCUT2D eigenvalue weighted by Gasteiger charge is -2.32. The molecule has 0 amide bonds. The van der Waals surface area contributed by atoms with E-state index < -0.39 is 17.8 Å². The number of carboxylic acid groups (broad SMARTS) is 1. The van der Waals surface area contributed by atoms with Crippen LogP contribution in [0.2, 0.25) is 0 Å². The van der Waals surface area contributed by atoms with Gasteiger partial charge >= 0.3 is 12.1 Å². The molecule has 0 aliphatic heterocycles.